The molecule has 1 aliphatic rings. The molecule has 7 nitrogen and oxygen atoms in total. The van der Waals surface area contributed by atoms with Gasteiger partial charge in [0, 0.05) is 17.3 Å². The van der Waals surface area contributed by atoms with E-state index in [0.717, 1.165) is 53.3 Å². The van der Waals surface area contributed by atoms with Crippen molar-refractivity contribution in [3.05, 3.63) is 53.1 Å². The van der Waals surface area contributed by atoms with Gasteiger partial charge >= 0.3 is 0 Å². The van der Waals surface area contributed by atoms with E-state index in [9.17, 15) is 9.59 Å². The van der Waals surface area contributed by atoms with Gasteiger partial charge in [-0.2, -0.15) is 0 Å². The summed E-state index contributed by atoms with van der Waals surface area (Å²) in [5, 5.41) is 5.60. The maximum atomic E-state index is 12.5. The summed E-state index contributed by atoms with van der Waals surface area (Å²) in [7, 11) is 3.28. The Bertz CT molecular complexity index is 944. The standard InChI is InChI=1S/C24H31N3O4/c1-16-7-5-8-20(17(16)2)26-23(28)14-25-24(29)15-27-12-6-9-21(27)19-13-18(30-3)10-11-22(19)31-4/h5,7-8,10-11,13,21H,6,9,12,14-15H2,1-4H3,(H,25,29)(H,26,28)/t21-/m1/s1. The topological polar surface area (TPSA) is 79.9 Å². The summed E-state index contributed by atoms with van der Waals surface area (Å²) in [5.74, 6) is 1.13. The molecule has 31 heavy (non-hydrogen) atoms. The van der Waals surface area contributed by atoms with Crippen molar-refractivity contribution < 1.29 is 19.1 Å². The number of aryl methyl sites for hydroxylation is 1. The van der Waals surface area contributed by atoms with Gasteiger partial charge in [-0.1, -0.05) is 12.1 Å². The summed E-state index contributed by atoms with van der Waals surface area (Å²) in [6, 6.07) is 11.5. The number of nitrogens with zero attached hydrogens (tertiary/aromatic N) is 1. The third-order valence-electron chi connectivity index (χ3n) is 5.83. The fourth-order valence-electron chi connectivity index (χ4n) is 3.97. The van der Waals surface area contributed by atoms with Crippen molar-refractivity contribution in [3.63, 3.8) is 0 Å². The molecule has 166 valence electrons. The molecule has 2 aromatic rings. The largest absolute Gasteiger partial charge is 0.497 e. The lowest BCUT2D eigenvalue weighted by atomic mass is 10.0. The first kappa shape index (κ1) is 22.6. The van der Waals surface area contributed by atoms with E-state index in [1.807, 2.05) is 50.2 Å². The van der Waals surface area contributed by atoms with E-state index in [2.05, 4.69) is 15.5 Å². The third kappa shape index (κ3) is 5.55. The lowest BCUT2D eigenvalue weighted by molar-refractivity contribution is -0.125. The molecule has 0 aliphatic carbocycles. The minimum atomic E-state index is -0.241. The first-order chi connectivity index (χ1) is 14.9. The maximum Gasteiger partial charge on any atom is 0.243 e. The average Bonchev–Trinajstić information content (AvgIpc) is 3.22. The normalized spacial score (nSPS) is 16.1. The van der Waals surface area contributed by atoms with E-state index in [4.69, 9.17) is 9.47 Å². The number of nitrogens with one attached hydrogen (secondary N) is 2. The minimum Gasteiger partial charge on any atom is -0.497 e. The minimum absolute atomic E-state index is 0.0623. The molecule has 7 heteroatoms. The van der Waals surface area contributed by atoms with Gasteiger partial charge in [-0.05, 0) is 68.6 Å². The number of carbonyl (C=O) groups is 2. The van der Waals surface area contributed by atoms with Crippen LogP contribution in [0.4, 0.5) is 5.69 Å². The molecule has 0 radical (unpaired) electrons. The summed E-state index contributed by atoms with van der Waals surface area (Å²) in [6.07, 6.45) is 1.93. The zero-order valence-electron chi connectivity index (χ0n) is 18.7. The Balaban J connectivity index is 1.57. The Kier molecular flexibility index (Phi) is 7.52. The number of carbonyl (C=O) groups excluding carboxylic acids is 2. The van der Waals surface area contributed by atoms with Gasteiger partial charge in [0.1, 0.15) is 11.5 Å². The number of hydrogen-bond acceptors (Lipinski definition) is 5. The van der Waals surface area contributed by atoms with E-state index in [1.54, 1.807) is 14.2 Å². The predicted octanol–water partition coefficient (Wildman–Crippen LogP) is 3.21. The highest BCUT2D eigenvalue weighted by molar-refractivity contribution is 5.95. The number of benzene rings is 2. The van der Waals surface area contributed by atoms with Crippen LogP contribution in [-0.4, -0.2) is 50.6 Å². The van der Waals surface area contributed by atoms with Crippen molar-refractivity contribution in [2.24, 2.45) is 0 Å². The van der Waals surface area contributed by atoms with Crippen LogP contribution in [0.25, 0.3) is 0 Å². The van der Waals surface area contributed by atoms with Gasteiger partial charge in [-0.15, -0.1) is 0 Å². The number of methoxy groups -OCH3 is 2. The maximum absolute atomic E-state index is 12.5. The highest BCUT2D eigenvalue weighted by Gasteiger charge is 2.30. The zero-order valence-corrected chi connectivity index (χ0v) is 18.7. The number of likely N-dealkylation sites (tertiary alicyclic amines) is 1. The molecule has 1 atom stereocenters. The van der Waals surface area contributed by atoms with Crippen LogP contribution in [0, 0.1) is 13.8 Å². The van der Waals surface area contributed by atoms with Crippen LogP contribution >= 0.6 is 0 Å². The molecule has 1 heterocycles. The van der Waals surface area contributed by atoms with Crippen molar-refractivity contribution in [1.82, 2.24) is 10.2 Å². The van der Waals surface area contributed by atoms with Crippen molar-refractivity contribution in [2.45, 2.75) is 32.7 Å². The summed E-state index contributed by atoms with van der Waals surface area (Å²) in [6.45, 7) is 4.93. The Hall–Kier alpha value is -3.06. The summed E-state index contributed by atoms with van der Waals surface area (Å²) >= 11 is 0. The van der Waals surface area contributed by atoms with Crippen LogP contribution in [0.1, 0.15) is 35.6 Å². The molecule has 1 aliphatic heterocycles. The molecule has 2 aromatic carbocycles. The fourth-order valence-corrected chi connectivity index (χ4v) is 3.97. The lowest BCUT2D eigenvalue weighted by Gasteiger charge is -2.26. The van der Waals surface area contributed by atoms with Crippen LogP contribution < -0.4 is 20.1 Å². The molecule has 0 unspecified atom stereocenters. The monoisotopic (exact) mass is 425 g/mol. The van der Waals surface area contributed by atoms with Crippen molar-refractivity contribution in [2.75, 3.05) is 39.2 Å². The molecular formula is C24H31N3O4. The molecule has 2 N–H and O–H groups in total. The van der Waals surface area contributed by atoms with Crippen molar-refractivity contribution in [1.29, 1.82) is 0 Å². The first-order valence-corrected chi connectivity index (χ1v) is 10.5. The SMILES string of the molecule is COc1ccc(OC)c([C@H]2CCCN2CC(=O)NCC(=O)Nc2cccc(C)c2C)c1. The Labute approximate surface area is 183 Å². The molecule has 2 amide bonds. The van der Waals surface area contributed by atoms with Crippen molar-refractivity contribution >= 4 is 17.5 Å². The van der Waals surface area contributed by atoms with Crippen LogP contribution in [0.3, 0.4) is 0 Å². The van der Waals surface area contributed by atoms with Gasteiger partial charge in [0.2, 0.25) is 11.8 Å². The quantitative estimate of drug-likeness (QED) is 0.679. The van der Waals surface area contributed by atoms with E-state index in [1.165, 1.54) is 0 Å². The number of rotatable bonds is 8. The number of amides is 2. The van der Waals surface area contributed by atoms with Crippen LogP contribution in [-0.2, 0) is 9.59 Å². The van der Waals surface area contributed by atoms with Gasteiger partial charge in [-0.3, -0.25) is 14.5 Å². The molecule has 1 fully saturated rings. The second-order valence-electron chi connectivity index (χ2n) is 7.81. The van der Waals surface area contributed by atoms with Crippen LogP contribution in [0.15, 0.2) is 36.4 Å². The highest BCUT2D eigenvalue weighted by Crippen LogP contribution is 2.38. The van der Waals surface area contributed by atoms with Gasteiger partial charge in [0.25, 0.3) is 0 Å². The van der Waals surface area contributed by atoms with Crippen LogP contribution in [0.5, 0.6) is 11.5 Å². The highest BCUT2D eigenvalue weighted by atomic mass is 16.5. The smallest absolute Gasteiger partial charge is 0.243 e. The molecule has 3 rings (SSSR count). The molecule has 0 spiro atoms. The zero-order chi connectivity index (χ0) is 22.4. The second kappa shape index (κ2) is 10.3. The first-order valence-electron chi connectivity index (χ1n) is 10.5. The summed E-state index contributed by atoms with van der Waals surface area (Å²) in [4.78, 5) is 27.0. The van der Waals surface area contributed by atoms with E-state index in [0.29, 0.717) is 0 Å². The summed E-state index contributed by atoms with van der Waals surface area (Å²) in [5.41, 5.74) is 3.91. The van der Waals surface area contributed by atoms with Crippen molar-refractivity contribution in [3.8, 4) is 11.5 Å². The summed E-state index contributed by atoms with van der Waals surface area (Å²) < 4.78 is 10.9. The fraction of sp³-hybridized carbons (Fsp3) is 0.417. The van der Waals surface area contributed by atoms with Crippen LogP contribution in [0.2, 0.25) is 0 Å². The average molecular weight is 426 g/mol. The molecule has 0 aromatic heterocycles. The third-order valence-corrected chi connectivity index (χ3v) is 5.83. The molecule has 1 saturated heterocycles. The van der Waals surface area contributed by atoms with E-state index in [-0.39, 0.29) is 30.9 Å². The second-order valence-corrected chi connectivity index (χ2v) is 7.81. The predicted molar refractivity (Wildman–Crippen MR) is 121 cm³/mol. The Morgan fingerprint density at radius 3 is 2.65 bits per heavy atom. The molecular weight excluding hydrogens is 394 g/mol. The molecule has 0 bridgehead atoms. The molecule has 0 saturated carbocycles. The van der Waals surface area contributed by atoms with Gasteiger partial charge in [0.05, 0.1) is 27.3 Å². The van der Waals surface area contributed by atoms with E-state index < -0.39 is 0 Å². The Morgan fingerprint density at radius 1 is 1.10 bits per heavy atom. The van der Waals surface area contributed by atoms with Gasteiger partial charge in [0.15, 0.2) is 0 Å². The lowest BCUT2D eigenvalue weighted by Crippen LogP contribution is -2.40. The van der Waals surface area contributed by atoms with Gasteiger partial charge < -0.3 is 20.1 Å². The van der Waals surface area contributed by atoms with Gasteiger partial charge in [-0.25, -0.2) is 0 Å². The Morgan fingerprint density at radius 2 is 1.90 bits per heavy atom. The number of hydrogen-bond donors (Lipinski definition) is 2. The number of anilines is 1. The van der Waals surface area contributed by atoms with E-state index >= 15 is 0 Å². The number of ether oxygens (including phenoxy) is 2.